The third-order valence-corrected chi connectivity index (χ3v) is 4.30. The van der Waals surface area contributed by atoms with Crippen LogP contribution in [0.1, 0.15) is 46.5 Å². The van der Waals surface area contributed by atoms with Crippen molar-refractivity contribution in [2.75, 3.05) is 13.6 Å². The highest BCUT2D eigenvalue weighted by Gasteiger charge is 2.42. The van der Waals surface area contributed by atoms with Crippen LogP contribution in [0.2, 0.25) is 0 Å². The summed E-state index contributed by atoms with van der Waals surface area (Å²) < 4.78 is 0. The summed E-state index contributed by atoms with van der Waals surface area (Å²) in [6.45, 7) is 6.92. The minimum atomic E-state index is -0.252. The van der Waals surface area contributed by atoms with E-state index >= 15 is 0 Å². The zero-order chi connectivity index (χ0) is 12.3. The van der Waals surface area contributed by atoms with Gasteiger partial charge in [-0.3, -0.25) is 4.79 Å². The molecule has 3 heteroatoms. The average Bonchev–Trinajstić information content (AvgIpc) is 2.75. The Kier molecular flexibility index (Phi) is 4.36. The zero-order valence-corrected chi connectivity index (χ0v) is 11.1. The number of carbonyl (C=O) groups excluding carboxylic acids is 1. The summed E-state index contributed by atoms with van der Waals surface area (Å²) in [6, 6.07) is 0.288. The van der Waals surface area contributed by atoms with Gasteiger partial charge in [-0.15, -0.1) is 0 Å². The van der Waals surface area contributed by atoms with Crippen LogP contribution >= 0.6 is 0 Å². The van der Waals surface area contributed by atoms with Crippen molar-refractivity contribution in [1.82, 2.24) is 4.90 Å². The molecule has 1 saturated carbocycles. The summed E-state index contributed by atoms with van der Waals surface area (Å²) in [5, 5.41) is 0. The lowest BCUT2D eigenvalue weighted by atomic mass is 9.84. The lowest BCUT2D eigenvalue weighted by Gasteiger charge is -2.36. The first kappa shape index (κ1) is 13.5. The quantitative estimate of drug-likeness (QED) is 0.797. The van der Waals surface area contributed by atoms with Crippen LogP contribution in [0.5, 0.6) is 0 Å². The number of amides is 1. The molecule has 1 aliphatic rings. The minimum Gasteiger partial charge on any atom is -0.342 e. The molecule has 0 aliphatic heterocycles. The van der Waals surface area contributed by atoms with E-state index in [4.69, 9.17) is 5.73 Å². The smallest absolute Gasteiger partial charge is 0.230 e. The Morgan fingerprint density at radius 3 is 2.19 bits per heavy atom. The Hall–Kier alpha value is -0.570. The first-order chi connectivity index (χ1) is 7.44. The highest BCUT2D eigenvalue weighted by atomic mass is 16.2. The Morgan fingerprint density at radius 1 is 1.31 bits per heavy atom. The maximum Gasteiger partial charge on any atom is 0.230 e. The molecule has 1 rings (SSSR count). The Bertz CT molecular complexity index is 244. The van der Waals surface area contributed by atoms with E-state index < -0.39 is 0 Å². The number of hydrogen-bond donors (Lipinski definition) is 1. The number of rotatable bonds is 4. The van der Waals surface area contributed by atoms with Crippen LogP contribution in [0.3, 0.4) is 0 Å². The van der Waals surface area contributed by atoms with Gasteiger partial charge >= 0.3 is 0 Å². The van der Waals surface area contributed by atoms with Crippen molar-refractivity contribution in [3.05, 3.63) is 0 Å². The van der Waals surface area contributed by atoms with Gasteiger partial charge in [-0.2, -0.15) is 0 Å². The van der Waals surface area contributed by atoms with Crippen molar-refractivity contribution < 1.29 is 4.79 Å². The highest BCUT2D eigenvalue weighted by Crippen LogP contribution is 2.39. The second kappa shape index (κ2) is 5.17. The van der Waals surface area contributed by atoms with E-state index in [1.807, 2.05) is 11.9 Å². The van der Waals surface area contributed by atoms with Crippen LogP contribution in [-0.4, -0.2) is 30.4 Å². The molecule has 2 N–H and O–H groups in total. The Morgan fingerprint density at radius 2 is 1.81 bits per heavy atom. The van der Waals surface area contributed by atoms with Gasteiger partial charge in [0.15, 0.2) is 0 Å². The van der Waals surface area contributed by atoms with Crippen LogP contribution < -0.4 is 5.73 Å². The van der Waals surface area contributed by atoms with Gasteiger partial charge in [0.25, 0.3) is 0 Å². The van der Waals surface area contributed by atoms with Crippen molar-refractivity contribution in [2.45, 2.75) is 52.5 Å². The minimum absolute atomic E-state index is 0.252. The number of nitrogens with two attached hydrogens (primary N) is 1. The Balaban J connectivity index is 2.75. The molecule has 0 aromatic rings. The van der Waals surface area contributed by atoms with E-state index in [-0.39, 0.29) is 17.4 Å². The molecule has 94 valence electrons. The van der Waals surface area contributed by atoms with Gasteiger partial charge in [-0.1, -0.05) is 26.7 Å². The van der Waals surface area contributed by atoms with Crippen LogP contribution in [0, 0.1) is 11.3 Å². The van der Waals surface area contributed by atoms with E-state index in [9.17, 15) is 4.79 Å². The monoisotopic (exact) mass is 226 g/mol. The zero-order valence-electron chi connectivity index (χ0n) is 11.1. The maximum atomic E-state index is 12.5. The molecule has 1 fully saturated rings. The number of nitrogens with zero attached hydrogens (tertiary/aromatic N) is 1. The van der Waals surface area contributed by atoms with Crippen LogP contribution in [-0.2, 0) is 4.79 Å². The third-order valence-electron chi connectivity index (χ3n) is 4.30. The third kappa shape index (κ3) is 2.40. The first-order valence-electron chi connectivity index (χ1n) is 6.42. The van der Waals surface area contributed by atoms with E-state index in [0.29, 0.717) is 12.5 Å². The van der Waals surface area contributed by atoms with Gasteiger partial charge in [0, 0.05) is 19.6 Å². The SMILES string of the molecule is CC(C)C(C)N(C)C(=O)C1(CN)CCCC1. The van der Waals surface area contributed by atoms with Crippen molar-refractivity contribution in [1.29, 1.82) is 0 Å². The van der Waals surface area contributed by atoms with E-state index in [2.05, 4.69) is 20.8 Å². The molecule has 0 bridgehead atoms. The molecule has 0 aromatic carbocycles. The molecule has 0 radical (unpaired) electrons. The molecule has 16 heavy (non-hydrogen) atoms. The fraction of sp³-hybridized carbons (Fsp3) is 0.923. The largest absolute Gasteiger partial charge is 0.342 e. The van der Waals surface area contributed by atoms with Gasteiger partial charge in [0.2, 0.25) is 5.91 Å². The summed E-state index contributed by atoms with van der Waals surface area (Å²) >= 11 is 0. The molecule has 1 unspecified atom stereocenters. The molecule has 0 spiro atoms. The molecular formula is C13H26N2O. The van der Waals surface area contributed by atoms with Crippen molar-refractivity contribution >= 4 is 5.91 Å². The van der Waals surface area contributed by atoms with Crippen molar-refractivity contribution in [3.8, 4) is 0 Å². The van der Waals surface area contributed by atoms with Crippen molar-refractivity contribution in [2.24, 2.45) is 17.1 Å². The van der Waals surface area contributed by atoms with Gasteiger partial charge < -0.3 is 10.6 Å². The predicted molar refractivity (Wildman–Crippen MR) is 67.0 cm³/mol. The summed E-state index contributed by atoms with van der Waals surface area (Å²) in [6.07, 6.45) is 4.23. The first-order valence-corrected chi connectivity index (χ1v) is 6.42. The lowest BCUT2D eigenvalue weighted by Crippen LogP contribution is -2.49. The molecule has 1 aliphatic carbocycles. The number of carbonyl (C=O) groups is 1. The average molecular weight is 226 g/mol. The van der Waals surface area contributed by atoms with Crippen LogP contribution in [0.15, 0.2) is 0 Å². The molecule has 1 amide bonds. The van der Waals surface area contributed by atoms with E-state index in [1.54, 1.807) is 0 Å². The predicted octanol–water partition coefficient (Wildman–Crippen LogP) is 2.01. The van der Waals surface area contributed by atoms with E-state index in [1.165, 1.54) is 0 Å². The second-order valence-electron chi connectivity index (χ2n) is 5.59. The number of hydrogen-bond acceptors (Lipinski definition) is 2. The van der Waals surface area contributed by atoms with Gasteiger partial charge in [0.05, 0.1) is 5.41 Å². The fourth-order valence-electron chi connectivity index (χ4n) is 2.56. The van der Waals surface area contributed by atoms with Crippen LogP contribution in [0.25, 0.3) is 0 Å². The molecule has 0 heterocycles. The van der Waals surface area contributed by atoms with Gasteiger partial charge in [-0.25, -0.2) is 0 Å². The summed E-state index contributed by atoms with van der Waals surface area (Å²) in [5.41, 5.74) is 5.58. The maximum absolute atomic E-state index is 12.5. The summed E-state index contributed by atoms with van der Waals surface area (Å²) in [7, 11) is 1.92. The fourth-order valence-corrected chi connectivity index (χ4v) is 2.56. The topological polar surface area (TPSA) is 46.3 Å². The molecule has 0 saturated heterocycles. The standard InChI is InChI=1S/C13H26N2O/c1-10(2)11(3)15(4)12(16)13(9-14)7-5-6-8-13/h10-11H,5-9,14H2,1-4H3. The van der Waals surface area contributed by atoms with Crippen LogP contribution in [0.4, 0.5) is 0 Å². The van der Waals surface area contributed by atoms with E-state index in [0.717, 1.165) is 25.7 Å². The molecule has 1 atom stereocenters. The lowest BCUT2D eigenvalue weighted by molar-refractivity contribution is -0.142. The Labute approximate surface area is 99.4 Å². The summed E-state index contributed by atoms with van der Waals surface area (Å²) in [5.74, 6) is 0.749. The molecule has 0 aromatic heterocycles. The van der Waals surface area contributed by atoms with Gasteiger partial charge in [-0.05, 0) is 25.7 Å². The summed E-state index contributed by atoms with van der Waals surface area (Å²) in [4.78, 5) is 14.4. The van der Waals surface area contributed by atoms with Crippen molar-refractivity contribution in [3.63, 3.8) is 0 Å². The van der Waals surface area contributed by atoms with Gasteiger partial charge in [0.1, 0.15) is 0 Å². The normalized spacial score (nSPS) is 21.1. The molecular weight excluding hydrogens is 200 g/mol. The highest BCUT2D eigenvalue weighted by molar-refractivity contribution is 5.83. The molecule has 3 nitrogen and oxygen atoms in total. The second-order valence-corrected chi connectivity index (χ2v) is 5.59.